The highest BCUT2D eigenvalue weighted by Gasteiger charge is 2.37. The van der Waals surface area contributed by atoms with Crippen LogP contribution in [0.5, 0.6) is 5.75 Å². The van der Waals surface area contributed by atoms with Crippen LogP contribution in [0.1, 0.15) is 42.4 Å². The summed E-state index contributed by atoms with van der Waals surface area (Å²) in [5.41, 5.74) is 0.442. The molecule has 1 unspecified atom stereocenters. The minimum atomic E-state index is -4.73. The molecule has 8 nitrogen and oxygen atoms in total. The Morgan fingerprint density at radius 3 is 2.46 bits per heavy atom. The zero-order valence-corrected chi connectivity index (χ0v) is 26.0. The first-order chi connectivity index (χ1) is 21.5. The molecule has 1 atom stereocenters. The number of halogens is 7. The van der Waals surface area contributed by atoms with Crippen LogP contribution in [0.4, 0.5) is 26.3 Å². The number of aromatic nitrogens is 3. The van der Waals surface area contributed by atoms with Crippen LogP contribution in [0.3, 0.4) is 0 Å². The van der Waals surface area contributed by atoms with E-state index in [1.165, 1.54) is 36.6 Å². The summed E-state index contributed by atoms with van der Waals surface area (Å²) in [4.78, 5) is 8.17. The van der Waals surface area contributed by atoms with Gasteiger partial charge in [0.2, 0.25) is 0 Å². The lowest BCUT2D eigenvalue weighted by Gasteiger charge is -2.28. The van der Waals surface area contributed by atoms with Gasteiger partial charge in [-0.15, -0.1) is 0 Å². The maximum atomic E-state index is 15.1. The third kappa shape index (κ3) is 6.67. The molecular weight excluding hydrogens is 664 g/mol. The summed E-state index contributed by atoms with van der Waals surface area (Å²) in [5.74, 6) is -0.924. The molecule has 0 radical (unpaired) electrons. The molecule has 2 aromatic heterocycles. The lowest BCUT2D eigenvalue weighted by atomic mass is 9.84. The number of alkyl halides is 5. The Labute approximate surface area is 264 Å². The number of aliphatic hydroxyl groups excluding tert-OH is 1. The van der Waals surface area contributed by atoms with E-state index in [0.717, 1.165) is 18.5 Å². The number of imidazole rings is 1. The Kier molecular flexibility index (Phi) is 9.05. The molecule has 3 aromatic rings. The van der Waals surface area contributed by atoms with Gasteiger partial charge in [-0.05, 0) is 67.7 Å². The number of nitrogens with zero attached hydrogens (tertiary/aromatic N) is 3. The van der Waals surface area contributed by atoms with Gasteiger partial charge in [0.25, 0.3) is 0 Å². The molecule has 1 N–H and O–H groups in total. The van der Waals surface area contributed by atoms with E-state index in [1.807, 2.05) is 0 Å². The van der Waals surface area contributed by atoms with Crippen LogP contribution in [0.25, 0.3) is 22.6 Å². The van der Waals surface area contributed by atoms with Gasteiger partial charge in [-0.3, -0.25) is 0 Å². The van der Waals surface area contributed by atoms with Crippen molar-refractivity contribution < 1.29 is 49.0 Å². The van der Waals surface area contributed by atoms with Crippen molar-refractivity contribution in [2.24, 2.45) is 0 Å². The molecule has 1 aromatic carbocycles. The van der Waals surface area contributed by atoms with E-state index in [4.69, 9.17) is 16.0 Å². The molecule has 0 spiro atoms. The number of rotatable bonds is 8. The second kappa shape index (κ2) is 12.4. The first-order valence-corrected chi connectivity index (χ1v) is 16.0. The molecule has 246 valence electrons. The van der Waals surface area contributed by atoms with Crippen molar-refractivity contribution in [1.29, 1.82) is 0 Å². The standard InChI is InChI=1S/C30H26ClF6N3O5S/c1-14-38-26(30(35,36)37)12-40(14)23-6-4-16(18-10-22(32)20(13-41)25(11-18)46(3,42)43)8-19(23)27-28(44-15(2)39-27)17-5-7-24(21(31)9-17)45-29(33)34/h5,7-10,12,25,29,41H,4,6,11,13H2,1-3H3. The molecule has 46 heavy (non-hydrogen) atoms. The number of benzene rings is 1. The summed E-state index contributed by atoms with van der Waals surface area (Å²) in [7, 11) is -3.84. The maximum Gasteiger partial charge on any atom is 0.434 e. The lowest BCUT2D eigenvalue weighted by Crippen LogP contribution is -2.28. The van der Waals surface area contributed by atoms with E-state index in [9.17, 15) is 35.5 Å². The van der Waals surface area contributed by atoms with Crippen LogP contribution in [-0.4, -0.2) is 52.8 Å². The minimum Gasteiger partial charge on any atom is -0.440 e. The number of allylic oxidation sites excluding steroid dienone is 7. The summed E-state index contributed by atoms with van der Waals surface area (Å²) >= 11 is 6.19. The largest absolute Gasteiger partial charge is 0.440 e. The number of aliphatic hydroxyl groups is 1. The highest BCUT2D eigenvalue weighted by Crippen LogP contribution is 2.44. The molecule has 0 saturated carbocycles. The molecule has 0 saturated heterocycles. The van der Waals surface area contributed by atoms with Gasteiger partial charge >= 0.3 is 12.8 Å². The molecule has 0 amide bonds. The number of oxazole rings is 1. The summed E-state index contributed by atoms with van der Waals surface area (Å²) in [6.45, 7) is -1.01. The molecule has 0 bridgehead atoms. The van der Waals surface area contributed by atoms with Crippen molar-refractivity contribution in [3.05, 3.63) is 87.2 Å². The maximum absolute atomic E-state index is 15.1. The van der Waals surface area contributed by atoms with Crippen LogP contribution in [-0.2, 0) is 16.0 Å². The number of hydrogen-bond acceptors (Lipinski definition) is 7. The fourth-order valence-electron chi connectivity index (χ4n) is 5.54. The minimum absolute atomic E-state index is 0.0191. The van der Waals surface area contributed by atoms with Crippen LogP contribution in [0, 0.1) is 13.8 Å². The van der Waals surface area contributed by atoms with Gasteiger partial charge in [0.05, 0.1) is 16.9 Å². The molecule has 16 heteroatoms. The monoisotopic (exact) mass is 689 g/mol. The second-order valence-electron chi connectivity index (χ2n) is 10.7. The predicted octanol–water partition coefficient (Wildman–Crippen LogP) is 7.48. The van der Waals surface area contributed by atoms with Gasteiger partial charge in [0.1, 0.15) is 23.1 Å². The number of aryl methyl sites for hydroxylation is 2. The number of hydrogen-bond donors (Lipinski definition) is 1. The van der Waals surface area contributed by atoms with Crippen molar-refractivity contribution >= 4 is 32.7 Å². The van der Waals surface area contributed by atoms with Gasteiger partial charge in [0.15, 0.2) is 27.2 Å². The molecule has 2 aliphatic rings. The Balaban J connectivity index is 1.72. The van der Waals surface area contributed by atoms with Crippen molar-refractivity contribution in [3.8, 4) is 17.1 Å². The molecule has 5 rings (SSSR count). The van der Waals surface area contributed by atoms with E-state index in [-0.39, 0.29) is 69.9 Å². The Morgan fingerprint density at radius 1 is 1.15 bits per heavy atom. The molecular formula is C30H26ClF6N3O5S. The van der Waals surface area contributed by atoms with E-state index in [1.54, 1.807) is 6.08 Å². The highest BCUT2D eigenvalue weighted by atomic mass is 35.5. The summed E-state index contributed by atoms with van der Waals surface area (Å²) < 4.78 is 118. The predicted molar refractivity (Wildman–Crippen MR) is 157 cm³/mol. The summed E-state index contributed by atoms with van der Waals surface area (Å²) in [5, 5.41) is 8.18. The van der Waals surface area contributed by atoms with Crippen molar-refractivity contribution in [3.63, 3.8) is 0 Å². The van der Waals surface area contributed by atoms with Gasteiger partial charge < -0.3 is 18.8 Å². The smallest absolute Gasteiger partial charge is 0.434 e. The lowest BCUT2D eigenvalue weighted by molar-refractivity contribution is -0.141. The van der Waals surface area contributed by atoms with E-state index < -0.39 is 46.0 Å². The first kappa shape index (κ1) is 33.5. The fourth-order valence-corrected chi connectivity index (χ4v) is 6.95. The van der Waals surface area contributed by atoms with Gasteiger partial charge in [-0.2, -0.15) is 22.0 Å². The van der Waals surface area contributed by atoms with Crippen LogP contribution in [0.15, 0.2) is 63.5 Å². The van der Waals surface area contributed by atoms with Crippen LogP contribution in [0.2, 0.25) is 5.02 Å². The third-order valence-electron chi connectivity index (χ3n) is 7.62. The zero-order valence-electron chi connectivity index (χ0n) is 24.4. The first-order valence-electron chi connectivity index (χ1n) is 13.7. The second-order valence-corrected chi connectivity index (χ2v) is 13.4. The number of sulfone groups is 1. The summed E-state index contributed by atoms with van der Waals surface area (Å²) in [6.07, 6.45) is -0.101. The van der Waals surface area contributed by atoms with Crippen molar-refractivity contribution in [1.82, 2.24) is 14.5 Å². The topological polar surface area (TPSA) is 107 Å². The normalized spacial score (nSPS) is 18.0. The SMILES string of the molecule is Cc1nc(C2=C(n3cc(C(F)(F)F)nc3C)CCC(C3=CC(F)=C(CO)C(S(C)(=O)=O)C3)=C2)c(-c2ccc(OC(F)F)c(Cl)c2)o1. The zero-order chi connectivity index (χ0) is 33.7. The molecule has 0 aliphatic heterocycles. The fraction of sp³-hybridized carbons (Fsp3) is 0.333. The molecule has 0 fully saturated rings. The number of ether oxygens (including phenoxy) is 1. The highest BCUT2D eigenvalue weighted by molar-refractivity contribution is 7.91. The van der Waals surface area contributed by atoms with E-state index >= 15 is 4.39 Å². The van der Waals surface area contributed by atoms with Crippen molar-refractivity contribution in [2.75, 3.05) is 12.9 Å². The molecule has 2 aliphatic carbocycles. The third-order valence-corrected chi connectivity index (χ3v) is 9.40. The average molecular weight is 690 g/mol. The Morgan fingerprint density at radius 2 is 1.87 bits per heavy atom. The Hall–Kier alpha value is -3.82. The van der Waals surface area contributed by atoms with Gasteiger partial charge in [0, 0.05) is 41.8 Å². The van der Waals surface area contributed by atoms with Gasteiger partial charge in [-0.25, -0.2) is 22.8 Å². The van der Waals surface area contributed by atoms with Gasteiger partial charge in [-0.1, -0.05) is 11.6 Å². The van der Waals surface area contributed by atoms with E-state index in [0.29, 0.717) is 16.8 Å². The summed E-state index contributed by atoms with van der Waals surface area (Å²) in [6, 6.07) is 3.89. The van der Waals surface area contributed by atoms with Crippen molar-refractivity contribution in [2.45, 2.75) is 51.1 Å². The van der Waals surface area contributed by atoms with Crippen LogP contribution < -0.4 is 4.74 Å². The molecule has 2 heterocycles. The Bertz CT molecular complexity index is 1940. The van der Waals surface area contributed by atoms with Crippen LogP contribution >= 0.6 is 11.6 Å². The average Bonchev–Trinajstić information content (AvgIpc) is 3.55. The van der Waals surface area contributed by atoms with E-state index in [2.05, 4.69) is 14.7 Å². The quantitative estimate of drug-likeness (QED) is 0.245.